The van der Waals surface area contributed by atoms with Crippen LogP contribution in [0.4, 0.5) is 0 Å². The second kappa shape index (κ2) is 4.53. The number of hydrogen-bond acceptors (Lipinski definition) is 2. The first-order valence-corrected chi connectivity index (χ1v) is 3.92. The van der Waals surface area contributed by atoms with Crippen molar-refractivity contribution in [1.82, 2.24) is 0 Å². The number of rotatable bonds is 3. The molecular formula is C10H11NO. The van der Waals surface area contributed by atoms with Crippen molar-refractivity contribution >= 4 is 0 Å². The lowest BCUT2D eigenvalue weighted by atomic mass is 10.1. The number of hydrogen-bond donors (Lipinski definition) is 1. The fourth-order valence-electron chi connectivity index (χ4n) is 1.06. The highest BCUT2D eigenvalue weighted by atomic mass is 16.3. The molecule has 0 radical (unpaired) electrons. The Morgan fingerprint density at radius 1 is 1.33 bits per heavy atom. The highest BCUT2D eigenvalue weighted by molar-refractivity contribution is 5.15. The van der Waals surface area contributed by atoms with Crippen molar-refractivity contribution in [3.8, 4) is 6.07 Å². The fraction of sp³-hybridized carbons (Fsp3) is 0.300. The normalized spacial score (nSPS) is 12.0. The summed E-state index contributed by atoms with van der Waals surface area (Å²) in [6.07, 6.45) is 0.237. The van der Waals surface area contributed by atoms with Crippen LogP contribution in [-0.2, 0) is 6.42 Å². The fourth-order valence-corrected chi connectivity index (χ4v) is 1.06. The van der Waals surface area contributed by atoms with Crippen molar-refractivity contribution < 1.29 is 5.11 Å². The first kappa shape index (κ1) is 8.76. The molecule has 1 atom stereocenters. The van der Waals surface area contributed by atoms with E-state index in [9.17, 15) is 5.11 Å². The van der Waals surface area contributed by atoms with Crippen LogP contribution >= 0.6 is 0 Å². The van der Waals surface area contributed by atoms with E-state index in [2.05, 4.69) is 0 Å². The second-order valence-corrected chi connectivity index (χ2v) is 2.71. The third kappa shape index (κ3) is 2.73. The first-order chi connectivity index (χ1) is 5.83. The molecule has 0 saturated heterocycles. The summed E-state index contributed by atoms with van der Waals surface area (Å²) < 4.78 is 0. The molecule has 0 unspecified atom stereocenters. The summed E-state index contributed by atoms with van der Waals surface area (Å²) >= 11 is 0. The van der Waals surface area contributed by atoms with Crippen LogP contribution < -0.4 is 0 Å². The third-order valence-corrected chi connectivity index (χ3v) is 1.64. The van der Waals surface area contributed by atoms with Crippen molar-refractivity contribution in [1.29, 1.82) is 5.26 Å². The van der Waals surface area contributed by atoms with E-state index in [1.54, 1.807) is 0 Å². The van der Waals surface area contributed by atoms with Crippen molar-refractivity contribution in [3.63, 3.8) is 0 Å². The number of aliphatic hydroxyl groups is 1. The summed E-state index contributed by atoms with van der Waals surface area (Å²) in [4.78, 5) is 0. The van der Waals surface area contributed by atoms with E-state index < -0.39 is 6.10 Å². The molecule has 0 amide bonds. The van der Waals surface area contributed by atoms with Gasteiger partial charge < -0.3 is 5.11 Å². The molecule has 1 rings (SSSR count). The largest absolute Gasteiger partial charge is 0.392 e. The predicted molar refractivity (Wildman–Crippen MR) is 46.4 cm³/mol. The lowest BCUT2D eigenvalue weighted by molar-refractivity contribution is 0.180. The van der Waals surface area contributed by atoms with E-state index in [1.807, 2.05) is 36.4 Å². The monoisotopic (exact) mass is 161 g/mol. The molecule has 1 aromatic rings. The molecule has 2 nitrogen and oxygen atoms in total. The van der Waals surface area contributed by atoms with E-state index in [-0.39, 0.29) is 6.42 Å². The van der Waals surface area contributed by atoms with E-state index >= 15 is 0 Å². The summed E-state index contributed by atoms with van der Waals surface area (Å²) in [6, 6.07) is 11.6. The molecule has 0 aliphatic carbocycles. The molecular weight excluding hydrogens is 150 g/mol. The summed E-state index contributed by atoms with van der Waals surface area (Å²) in [7, 11) is 0. The molecule has 2 heteroatoms. The molecule has 62 valence electrons. The zero-order valence-electron chi connectivity index (χ0n) is 6.77. The molecule has 0 fully saturated rings. The molecule has 0 spiro atoms. The van der Waals surface area contributed by atoms with Crippen molar-refractivity contribution in [2.75, 3.05) is 0 Å². The van der Waals surface area contributed by atoms with Crippen molar-refractivity contribution in [2.24, 2.45) is 0 Å². The summed E-state index contributed by atoms with van der Waals surface area (Å²) in [5, 5.41) is 17.6. The van der Waals surface area contributed by atoms with E-state index in [0.29, 0.717) is 6.42 Å². The minimum absolute atomic E-state index is 0.203. The van der Waals surface area contributed by atoms with Gasteiger partial charge in [0.1, 0.15) is 0 Å². The average molecular weight is 161 g/mol. The van der Waals surface area contributed by atoms with Gasteiger partial charge in [-0.3, -0.25) is 0 Å². The van der Waals surface area contributed by atoms with Crippen LogP contribution in [0.1, 0.15) is 12.0 Å². The molecule has 0 heterocycles. The Morgan fingerprint density at radius 2 is 2.00 bits per heavy atom. The Hall–Kier alpha value is -1.33. The van der Waals surface area contributed by atoms with Crippen LogP contribution in [0.5, 0.6) is 0 Å². The van der Waals surface area contributed by atoms with E-state index in [1.165, 1.54) is 0 Å². The van der Waals surface area contributed by atoms with Gasteiger partial charge in [-0.15, -0.1) is 0 Å². The van der Waals surface area contributed by atoms with E-state index in [4.69, 9.17) is 5.26 Å². The van der Waals surface area contributed by atoms with Crippen LogP contribution in [0.3, 0.4) is 0 Å². The maximum Gasteiger partial charge on any atom is 0.0710 e. The lowest BCUT2D eigenvalue weighted by Gasteiger charge is -2.04. The Kier molecular flexibility index (Phi) is 3.31. The SMILES string of the molecule is N#CC[C@H](O)Cc1ccccc1. The van der Waals surface area contributed by atoms with Crippen molar-refractivity contribution in [2.45, 2.75) is 18.9 Å². The van der Waals surface area contributed by atoms with Crippen LogP contribution in [0.15, 0.2) is 30.3 Å². The molecule has 0 saturated carbocycles. The van der Waals surface area contributed by atoms with Crippen molar-refractivity contribution in [3.05, 3.63) is 35.9 Å². The van der Waals surface area contributed by atoms with Crippen LogP contribution in [0.2, 0.25) is 0 Å². The van der Waals surface area contributed by atoms with Crippen LogP contribution in [0.25, 0.3) is 0 Å². The van der Waals surface area contributed by atoms with Gasteiger partial charge in [-0.2, -0.15) is 5.26 Å². The third-order valence-electron chi connectivity index (χ3n) is 1.64. The zero-order chi connectivity index (χ0) is 8.81. The second-order valence-electron chi connectivity index (χ2n) is 2.71. The molecule has 0 aliphatic heterocycles. The maximum absolute atomic E-state index is 9.28. The quantitative estimate of drug-likeness (QED) is 0.730. The van der Waals surface area contributed by atoms with Gasteiger partial charge in [0.15, 0.2) is 0 Å². The summed E-state index contributed by atoms with van der Waals surface area (Å²) in [5.41, 5.74) is 1.07. The minimum atomic E-state index is -0.530. The van der Waals surface area contributed by atoms with Crippen LogP contribution in [0, 0.1) is 11.3 Å². The number of aliphatic hydroxyl groups excluding tert-OH is 1. The Balaban J connectivity index is 2.48. The smallest absolute Gasteiger partial charge is 0.0710 e. The Labute approximate surface area is 72.1 Å². The topological polar surface area (TPSA) is 44.0 Å². The Bertz CT molecular complexity index is 263. The summed E-state index contributed by atoms with van der Waals surface area (Å²) in [6.45, 7) is 0. The lowest BCUT2D eigenvalue weighted by Crippen LogP contribution is -2.08. The van der Waals surface area contributed by atoms with Gasteiger partial charge in [-0.1, -0.05) is 30.3 Å². The summed E-state index contributed by atoms with van der Waals surface area (Å²) in [5.74, 6) is 0. The minimum Gasteiger partial charge on any atom is -0.392 e. The highest BCUT2D eigenvalue weighted by Gasteiger charge is 2.03. The predicted octanol–water partition coefficient (Wildman–Crippen LogP) is 1.50. The Morgan fingerprint density at radius 3 is 2.58 bits per heavy atom. The number of benzene rings is 1. The molecule has 1 aromatic carbocycles. The number of nitriles is 1. The van der Waals surface area contributed by atoms with Gasteiger partial charge in [-0.25, -0.2) is 0 Å². The average Bonchev–Trinajstić information content (AvgIpc) is 2.06. The highest BCUT2D eigenvalue weighted by Crippen LogP contribution is 2.04. The molecule has 0 aromatic heterocycles. The zero-order valence-corrected chi connectivity index (χ0v) is 6.77. The van der Waals surface area contributed by atoms with Gasteiger partial charge >= 0.3 is 0 Å². The number of nitrogens with zero attached hydrogens (tertiary/aromatic N) is 1. The maximum atomic E-state index is 9.28. The van der Waals surface area contributed by atoms with Gasteiger partial charge in [0, 0.05) is 0 Å². The van der Waals surface area contributed by atoms with E-state index in [0.717, 1.165) is 5.56 Å². The van der Waals surface area contributed by atoms with Gasteiger partial charge in [0.05, 0.1) is 18.6 Å². The molecule has 0 aliphatic rings. The van der Waals surface area contributed by atoms with Gasteiger partial charge in [0.25, 0.3) is 0 Å². The molecule has 1 N–H and O–H groups in total. The molecule has 0 bridgehead atoms. The standard InChI is InChI=1S/C10H11NO/c11-7-6-10(12)8-9-4-2-1-3-5-9/h1-5,10,12H,6,8H2/t10-/m0/s1. The molecule has 12 heavy (non-hydrogen) atoms. The first-order valence-electron chi connectivity index (χ1n) is 3.92. The van der Waals surface area contributed by atoms with Gasteiger partial charge in [0.2, 0.25) is 0 Å². The van der Waals surface area contributed by atoms with Gasteiger partial charge in [-0.05, 0) is 12.0 Å². The van der Waals surface area contributed by atoms with Crippen LogP contribution in [-0.4, -0.2) is 11.2 Å².